The van der Waals surface area contributed by atoms with Gasteiger partial charge in [-0.1, -0.05) is 0 Å². The van der Waals surface area contributed by atoms with Gasteiger partial charge in [-0.3, -0.25) is 22.5 Å². The number of unbranched alkanes of at least 4 members (excludes halogenated alkanes) is 2. The lowest BCUT2D eigenvalue weighted by Crippen LogP contribution is -2.15. The first-order chi connectivity index (χ1) is 13.2. The molecule has 7 nitrogen and oxygen atoms in total. The summed E-state index contributed by atoms with van der Waals surface area (Å²) in [5.74, 6) is 0.753. The molecule has 0 bridgehead atoms. The van der Waals surface area contributed by atoms with Gasteiger partial charge >= 0.3 is 0 Å². The molecule has 0 saturated heterocycles. The first-order valence-corrected chi connectivity index (χ1v) is 11.5. The highest BCUT2D eigenvalue weighted by Gasteiger charge is 2.24. The lowest BCUT2D eigenvalue weighted by atomic mass is 10.2. The standard InChI is InChI=1S/C19H40N2O5S/c1-5-25-27(23-4,26-6-2)19-10-14-20-12-8-7-9-13-21-15-18-24-17-11-16-22-3/h12-13H,5-11,14-19H2,1-4H3. The van der Waals surface area contributed by atoms with Crippen LogP contribution in [0.5, 0.6) is 0 Å². The minimum absolute atomic E-state index is 0.591. The Kier molecular flexibility index (Phi) is 19.8. The van der Waals surface area contributed by atoms with Crippen molar-refractivity contribution in [2.75, 3.05) is 66.1 Å². The molecule has 0 unspecified atom stereocenters. The van der Waals surface area contributed by atoms with Crippen LogP contribution in [0.15, 0.2) is 9.98 Å². The van der Waals surface area contributed by atoms with E-state index in [0.717, 1.165) is 64.2 Å². The molecule has 0 spiro atoms. The molecule has 0 aromatic heterocycles. The van der Waals surface area contributed by atoms with Crippen LogP contribution >= 0.6 is 10.9 Å². The number of rotatable bonds is 20. The zero-order chi connectivity index (χ0) is 20.1. The van der Waals surface area contributed by atoms with E-state index in [1.54, 1.807) is 14.2 Å². The lowest BCUT2D eigenvalue weighted by molar-refractivity contribution is 0.108. The van der Waals surface area contributed by atoms with E-state index in [1.165, 1.54) is 0 Å². The van der Waals surface area contributed by atoms with Crippen LogP contribution in [0.3, 0.4) is 0 Å². The first-order valence-electron chi connectivity index (χ1n) is 9.93. The van der Waals surface area contributed by atoms with Crippen molar-refractivity contribution in [3.05, 3.63) is 0 Å². The molecule has 0 saturated carbocycles. The predicted molar refractivity (Wildman–Crippen MR) is 115 cm³/mol. The van der Waals surface area contributed by atoms with Crippen molar-refractivity contribution in [3.8, 4) is 0 Å². The van der Waals surface area contributed by atoms with Crippen LogP contribution in [-0.2, 0) is 22.0 Å². The van der Waals surface area contributed by atoms with E-state index >= 15 is 0 Å². The summed E-state index contributed by atoms with van der Waals surface area (Å²) in [4.78, 5) is 8.80. The second-order valence-corrected chi connectivity index (χ2v) is 7.99. The maximum atomic E-state index is 5.70. The zero-order valence-corrected chi connectivity index (χ0v) is 18.5. The Morgan fingerprint density at radius 2 is 1.44 bits per heavy atom. The van der Waals surface area contributed by atoms with Crippen LogP contribution in [0.4, 0.5) is 0 Å². The maximum Gasteiger partial charge on any atom is 0.0885 e. The Morgan fingerprint density at radius 1 is 0.778 bits per heavy atom. The second kappa shape index (κ2) is 20.2. The fraction of sp³-hybridized carbons (Fsp3) is 0.895. The monoisotopic (exact) mass is 408 g/mol. The van der Waals surface area contributed by atoms with Gasteiger partial charge in [0.25, 0.3) is 0 Å². The normalized spacial score (nSPS) is 13.2. The minimum Gasteiger partial charge on any atom is -0.385 e. The highest BCUT2D eigenvalue weighted by Crippen LogP contribution is 2.51. The van der Waals surface area contributed by atoms with Crippen molar-refractivity contribution in [2.24, 2.45) is 9.98 Å². The van der Waals surface area contributed by atoms with E-state index < -0.39 is 10.9 Å². The molecule has 0 aliphatic carbocycles. The summed E-state index contributed by atoms with van der Waals surface area (Å²) in [6.07, 6.45) is 8.81. The number of ether oxygens (including phenoxy) is 2. The topological polar surface area (TPSA) is 70.9 Å². The smallest absolute Gasteiger partial charge is 0.0885 e. The summed E-state index contributed by atoms with van der Waals surface area (Å²) >= 11 is 0. The van der Waals surface area contributed by atoms with E-state index in [2.05, 4.69) is 9.98 Å². The minimum atomic E-state index is -1.86. The van der Waals surface area contributed by atoms with Gasteiger partial charge in [0.2, 0.25) is 0 Å². The van der Waals surface area contributed by atoms with Gasteiger partial charge in [0.05, 0.1) is 44.3 Å². The molecule has 0 atom stereocenters. The van der Waals surface area contributed by atoms with Crippen molar-refractivity contribution in [1.82, 2.24) is 0 Å². The van der Waals surface area contributed by atoms with Crippen molar-refractivity contribution < 1.29 is 22.0 Å². The number of hydrogen-bond donors (Lipinski definition) is 0. The number of nitrogens with zero attached hydrogens (tertiary/aromatic N) is 2. The molecule has 0 radical (unpaired) electrons. The predicted octanol–water partition coefficient (Wildman–Crippen LogP) is 4.01. The van der Waals surface area contributed by atoms with Gasteiger partial charge in [0, 0.05) is 32.6 Å². The highest BCUT2D eigenvalue weighted by atomic mass is 32.3. The molecule has 0 aromatic rings. The summed E-state index contributed by atoms with van der Waals surface area (Å²) in [6, 6.07) is 0. The molecule has 27 heavy (non-hydrogen) atoms. The Morgan fingerprint density at radius 3 is 2.04 bits per heavy atom. The molecule has 0 N–H and O–H groups in total. The van der Waals surface area contributed by atoms with Crippen molar-refractivity contribution in [3.63, 3.8) is 0 Å². The summed E-state index contributed by atoms with van der Waals surface area (Å²) in [6.45, 7) is 8.75. The van der Waals surface area contributed by atoms with Gasteiger partial charge < -0.3 is 9.47 Å². The van der Waals surface area contributed by atoms with Crippen molar-refractivity contribution in [2.45, 2.75) is 46.0 Å². The molecule has 162 valence electrons. The van der Waals surface area contributed by atoms with Crippen LogP contribution in [-0.4, -0.2) is 78.5 Å². The van der Waals surface area contributed by atoms with Crippen LogP contribution < -0.4 is 0 Å². The third-order valence-electron chi connectivity index (χ3n) is 3.46. The lowest BCUT2D eigenvalue weighted by Gasteiger charge is -2.35. The molecule has 8 heteroatoms. The Labute approximate surface area is 167 Å². The molecule has 0 aliphatic rings. The van der Waals surface area contributed by atoms with Gasteiger partial charge in [-0.25, -0.2) is 0 Å². The Balaban J connectivity index is 3.60. The third kappa shape index (κ3) is 16.2. The molecule has 0 fully saturated rings. The summed E-state index contributed by atoms with van der Waals surface area (Å²) < 4.78 is 27.3. The fourth-order valence-electron chi connectivity index (χ4n) is 2.21. The maximum absolute atomic E-state index is 5.70. The van der Waals surface area contributed by atoms with E-state index in [1.807, 2.05) is 26.3 Å². The molecule has 0 aromatic carbocycles. The van der Waals surface area contributed by atoms with Crippen molar-refractivity contribution in [1.29, 1.82) is 0 Å². The Hall–Kier alpha value is -0.510. The van der Waals surface area contributed by atoms with Crippen molar-refractivity contribution >= 4 is 23.3 Å². The number of methoxy groups -OCH3 is 1. The highest BCUT2D eigenvalue weighted by molar-refractivity contribution is 8.21. The van der Waals surface area contributed by atoms with E-state index in [-0.39, 0.29) is 0 Å². The quantitative estimate of drug-likeness (QED) is 0.225. The van der Waals surface area contributed by atoms with Gasteiger partial charge in [0.15, 0.2) is 0 Å². The van der Waals surface area contributed by atoms with E-state index in [9.17, 15) is 0 Å². The van der Waals surface area contributed by atoms with Gasteiger partial charge in [0.1, 0.15) is 0 Å². The number of aliphatic imine (C=N–C) groups is 2. The largest absolute Gasteiger partial charge is 0.385 e. The average Bonchev–Trinajstić information content (AvgIpc) is 2.68. The average molecular weight is 409 g/mol. The van der Waals surface area contributed by atoms with Gasteiger partial charge in [-0.2, -0.15) is 0 Å². The first kappa shape index (κ1) is 26.5. The fourth-order valence-corrected chi connectivity index (χ4v) is 4.08. The summed E-state index contributed by atoms with van der Waals surface area (Å²) in [5.41, 5.74) is 0. The van der Waals surface area contributed by atoms with E-state index in [0.29, 0.717) is 19.8 Å². The molecular weight excluding hydrogens is 368 g/mol. The second-order valence-electron chi connectivity index (χ2n) is 5.66. The van der Waals surface area contributed by atoms with Crippen LogP contribution in [0, 0.1) is 0 Å². The molecule has 0 amide bonds. The summed E-state index contributed by atoms with van der Waals surface area (Å²) in [7, 11) is 1.49. The van der Waals surface area contributed by atoms with Crippen LogP contribution in [0.25, 0.3) is 0 Å². The molecule has 0 aliphatic heterocycles. The van der Waals surface area contributed by atoms with E-state index in [4.69, 9.17) is 22.0 Å². The molecule has 0 rings (SSSR count). The van der Waals surface area contributed by atoms with Gasteiger partial charge in [-0.05, 0) is 58.4 Å². The molecular formula is C19H40N2O5S. The number of hydrogen-bond acceptors (Lipinski definition) is 7. The third-order valence-corrected chi connectivity index (χ3v) is 5.94. The van der Waals surface area contributed by atoms with Crippen LogP contribution in [0.1, 0.15) is 46.0 Å². The SMILES string of the molecule is CCOS(CCCN=CCCCC=NCCOCCCOC)(OC)OCC. The van der Waals surface area contributed by atoms with Crippen LogP contribution in [0.2, 0.25) is 0 Å². The zero-order valence-electron chi connectivity index (χ0n) is 17.7. The summed E-state index contributed by atoms with van der Waals surface area (Å²) in [5, 5.41) is 0. The van der Waals surface area contributed by atoms with Gasteiger partial charge in [-0.15, -0.1) is 0 Å². The Bertz CT molecular complexity index is 364. The molecule has 0 heterocycles.